The van der Waals surface area contributed by atoms with Gasteiger partial charge >= 0.3 is 0 Å². The molecule has 7 nitrogen and oxygen atoms in total. The van der Waals surface area contributed by atoms with Crippen LogP contribution in [0.4, 0.5) is 0 Å². The molecule has 0 unspecified atom stereocenters. The van der Waals surface area contributed by atoms with E-state index in [9.17, 15) is 5.11 Å². The Morgan fingerprint density at radius 3 is 2.10 bits per heavy atom. The van der Waals surface area contributed by atoms with Gasteiger partial charge in [-0.15, -0.1) is 0 Å². The summed E-state index contributed by atoms with van der Waals surface area (Å²) in [6.07, 6.45) is 15.0. The highest BCUT2D eigenvalue weighted by atomic mass is 16.5. The molecule has 10 atom stereocenters. The highest BCUT2D eigenvalue weighted by Crippen LogP contribution is 2.60. The van der Waals surface area contributed by atoms with Gasteiger partial charge in [-0.25, -0.2) is 0 Å². The zero-order valence-electron chi connectivity index (χ0n) is 26.2. The van der Waals surface area contributed by atoms with Gasteiger partial charge in [-0.3, -0.25) is 0 Å². The van der Waals surface area contributed by atoms with Crippen molar-refractivity contribution in [3.8, 4) is 0 Å². The largest absolute Gasteiger partial charge is 0.396 e. The Balaban J connectivity index is 1.89. The lowest BCUT2D eigenvalue weighted by Gasteiger charge is -2.59. The monoisotopic (exact) mass is 567 g/mol. The number of rotatable bonds is 16. The summed E-state index contributed by atoms with van der Waals surface area (Å²) in [6, 6.07) is 0. The molecular formula is C33H65N3O4. The molecule has 0 aromatic carbocycles. The summed E-state index contributed by atoms with van der Waals surface area (Å²) in [5.41, 5.74) is 17.8. The molecule has 3 fully saturated rings. The first-order valence-corrected chi connectivity index (χ1v) is 16.9. The van der Waals surface area contributed by atoms with Crippen molar-refractivity contribution in [2.75, 3.05) is 46.1 Å². The third-order valence-electron chi connectivity index (χ3n) is 11.2. The molecule has 0 saturated heterocycles. The number of hydrogen-bond acceptors (Lipinski definition) is 7. The van der Waals surface area contributed by atoms with Gasteiger partial charge in [0.1, 0.15) is 0 Å². The number of fused-ring (bicyclic) bond motifs is 3. The molecule has 0 heterocycles. The molecule has 0 spiro atoms. The van der Waals surface area contributed by atoms with Crippen LogP contribution in [0.2, 0.25) is 0 Å². The topological polar surface area (TPSA) is 126 Å². The maximum Gasteiger partial charge on any atom is 0.0611 e. The first-order valence-electron chi connectivity index (χ1n) is 16.9. The van der Waals surface area contributed by atoms with Crippen LogP contribution in [-0.4, -0.2) is 69.5 Å². The van der Waals surface area contributed by atoms with Crippen molar-refractivity contribution >= 4 is 0 Å². The van der Waals surface area contributed by atoms with E-state index in [4.69, 9.17) is 31.4 Å². The highest BCUT2D eigenvalue weighted by molar-refractivity contribution is 5.05. The fraction of sp³-hybridized carbons (Fsp3) is 1.00. The van der Waals surface area contributed by atoms with E-state index in [1.807, 2.05) is 0 Å². The lowest BCUT2D eigenvalue weighted by atomic mass is 9.49. The SMILES string of the molecule is C[C@H](CCCO)[C@H]1CC[C@H](C)[C@@H]2[C@H](OCCCN)C[C@@H]3C[C@H](OCCCN)CC[C@]3(C)[C@H]2C[C@H](OCCCN)C1. The van der Waals surface area contributed by atoms with Crippen LogP contribution in [0.3, 0.4) is 0 Å². The van der Waals surface area contributed by atoms with E-state index in [-0.39, 0.29) is 24.2 Å². The number of hydrogen-bond donors (Lipinski definition) is 4. The summed E-state index contributed by atoms with van der Waals surface area (Å²) >= 11 is 0. The van der Waals surface area contributed by atoms with E-state index in [1.54, 1.807) is 0 Å². The van der Waals surface area contributed by atoms with Gasteiger partial charge in [-0.1, -0.05) is 27.2 Å². The maximum absolute atomic E-state index is 9.50. The normalized spacial score (nSPS) is 37.6. The molecule has 3 aliphatic rings. The minimum Gasteiger partial charge on any atom is -0.396 e. The van der Waals surface area contributed by atoms with Crippen molar-refractivity contribution in [2.24, 2.45) is 58.1 Å². The van der Waals surface area contributed by atoms with Crippen molar-refractivity contribution in [2.45, 2.75) is 123 Å². The Bertz CT molecular complexity index is 684. The van der Waals surface area contributed by atoms with Gasteiger partial charge in [0, 0.05) is 26.4 Å². The first kappa shape index (κ1) is 34.2. The summed E-state index contributed by atoms with van der Waals surface area (Å²) in [5.74, 6) is 3.55. The van der Waals surface area contributed by atoms with E-state index in [0.29, 0.717) is 61.2 Å². The molecule has 0 aromatic heterocycles. The molecule has 7 N–H and O–H groups in total. The smallest absolute Gasteiger partial charge is 0.0611 e. The standard InChI is InChI=1S/C33H65N3O4/c1-24(8-4-16-37)26-10-9-25(2)32-30(23-29(20-26)39-18-6-14-35)33(3)12-11-28(38-17-5-13-34)21-27(33)22-31(32)40-19-7-15-36/h24-32,37H,4-23,34-36H2,1-3H3/t24-,25+,26+,27+,28-,29-,30+,31-,32+,33+/m1/s1. The Hall–Kier alpha value is -0.280. The van der Waals surface area contributed by atoms with Crippen molar-refractivity contribution in [3.63, 3.8) is 0 Å². The molecule has 40 heavy (non-hydrogen) atoms. The maximum atomic E-state index is 9.50. The van der Waals surface area contributed by atoms with E-state index in [2.05, 4.69) is 20.8 Å². The van der Waals surface area contributed by atoms with Crippen LogP contribution in [0.15, 0.2) is 0 Å². The summed E-state index contributed by atoms with van der Waals surface area (Å²) in [4.78, 5) is 0. The molecule has 0 amide bonds. The number of aliphatic hydroxyl groups excluding tert-OH is 1. The van der Waals surface area contributed by atoms with Crippen LogP contribution in [0, 0.1) is 40.9 Å². The fourth-order valence-corrected chi connectivity index (χ4v) is 8.68. The van der Waals surface area contributed by atoms with Gasteiger partial charge in [0.2, 0.25) is 0 Å². The van der Waals surface area contributed by atoms with E-state index in [1.165, 1.54) is 19.3 Å². The molecule has 0 radical (unpaired) electrons. The van der Waals surface area contributed by atoms with Crippen molar-refractivity contribution in [3.05, 3.63) is 0 Å². The van der Waals surface area contributed by atoms with Gasteiger partial charge in [-0.2, -0.15) is 0 Å². The van der Waals surface area contributed by atoms with Gasteiger partial charge in [0.25, 0.3) is 0 Å². The Kier molecular flexibility index (Phi) is 15.2. The van der Waals surface area contributed by atoms with Crippen LogP contribution in [0.5, 0.6) is 0 Å². The molecule has 3 aliphatic carbocycles. The minimum absolute atomic E-state index is 0.254. The van der Waals surface area contributed by atoms with Crippen LogP contribution in [0.25, 0.3) is 0 Å². The number of nitrogens with two attached hydrogens (primary N) is 3. The molecule has 0 aromatic rings. The Morgan fingerprint density at radius 2 is 1.45 bits per heavy atom. The molecule has 3 rings (SSSR count). The Morgan fingerprint density at radius 1 is 0.800 bits per heavy atom. The van der Waals surface area contributed by atoms with E-state index in [0.717, 1.165) is 84.0 Å². The van der Waals surface area contributed by atoms with Crippen molar-refractivity contribution in [1.29, 1.82) is 0 Å². The molecule has 3 saturated carbocycles. The lowest BCUT2D eigenvalue weighted by molar-refractivity contribution is -0.168. The average molecular weight is 568 g/mol. The predicted octanol–water partition coefficient (Wildman–Crippen LogP) is 4.87. The number of aliphatic hydroxyl groups is 1. The van der Waals surface area contributed by atoms with Gasteiger partial charge in [-0.05, 0) is 138 Å². The van der Waals surface area contributed by atoms with Gasteiger partial charge in [0.05, 0.1) is 18.3 Å². The summed E-state index contributed by atoms with van der Waals surface area (Å²) in [6.45, 7) is 12.1. The van der Waals surface area contributed by atoms with Crippen LogP contribution < -0.4 is 17.2 Å². The summed E-state index contributed by atoms with van der Waals surface area (Å²) < 4.78 is 19.8. The molecular weight excluding hydrogens is 502 g/mol. The molecule has 236 valence electrons. The highest BCUT2D eigenvalue weighted by Gasteiger charge is 2.56. The third-order valence-corrected chi connectivity index (χ3v) is 11.2. The van der Waals surface area contributed by atoms with Gasteiger partial charge in [0.15, 0.2) is 0 Å². The lowest BCUT2D eigenvalue weighted by Crippen LogP contribution is -2.55. The van der Waals surface area contributed by atoms with Crippen LogP contribution in [-0.2, 0) is 14.2 Å². The number of ether oxygens (including phenoxy) is 3. The molecule has 7 heteroatoms. The second-order valence-corrected chi connectivity index (χ2v) is 13.8. The third kappa shape index (κ3) is 9.36. The zero-order valence-corrected chi connectivity index (χ0v) is 26.2. The quantitative estimate of drug-likeness (QED) is 0.196. The van der Waals surface area contributed by atoms with Crippen molar-refractivity contribution in [1.82, 2.24) is 0 Å². The zero-order chi connectivity index (χ0) is 29.0. The van der Waals surface area contributed by atoms with Crippen molar-refractivity contribution < 1.29 is 19.3 Å². The van der Waals surface area contributed by atoms with Gasteiger partial charge < -0.3 is 36.5 Å². The second-order valence-electron chi connectivity index (χ2n) is 13.8. The Labute approximate surface area is 246 Å². The van der Waals surface area contributed by atoms with E-state index >= 15 is 0 Å². The average Bonchev–Trinajstić information content (AvgIpc) is 3.01. The van der Waals surface area contributed by atoms with Crippen LogP contribution in [0.1, 0.15) is 104 Å². The second kappa shape index (κ2) is 17.7. The fourth-order valence-electron chi connectivity index (χ4n) is 8.68. The first-order chi connectivity index (χ1) is 19.4. The minimum atomic E-state index is 0.254. The van der Waals surface area contributed by atoms with Crippen LogP contribution >= 0.6 is 0 Å². The molecule has 0 aliphatic heterocycles. The summed E-state index contributed by atoms with van der Waals surface area (Å²) in [7, 11) is 0. The van der Waals surface area contributed by atoms with E-state index < -0.39 is 0 Å². The molecule has 0 bridgehead atoms. The predicted molar refractivity (Wildman–Crippen MR) is 164 cm³/mol. The summed E-state index contributed by atoms with van der Waals surface area (Å²) in [5, 5.41) is 9.50.